The first-order valence-electron chi connectivity index (χ1n) is 6.33. The van der Waals surface area contributed by atoms with Crippen LogP contribution in [0.5, 0.6) is 5.75 Å². The van der Waals surface area contributed by atoms with E-state index in [2.05, 4.69) is 0 Å². The lowest BCUT2D eigenvalue weighted by molar-refractivity contribution is -0.143. The van der Waals surface area contributed by atoms with Gasteiger partial charge in [-0.1, -0.05) is 17.7 Å². The Hall–Kier alpha value is -1.26. The Morgan fingerprint density at radius 2 is 2.21 bits per heavy atom. The van der Waals surface area contributed by atoms with Gasteiger partial charge in [-0.25, -0.2) is 0 Å². The molecule has 0 saturated carbocycles. The van der Waals surface area contributed by atoms with Crippen molar-refractivity contribution < 1.29 is 14.3 Å². The molecule has 19 heavy (non-hydrogen) atoms. The molecule has 4 nitrogen and oxygen atoms in total. The second-order valence-electron chi connectivity index (χ2n) is 4.20. The van der Waals surface area contributed by atoms with Crippen molar-refractivity contribution in [3.63, 3.8) is 0 Å². The van der Waals surface area contributed by atoms with E-state index in [0.29, 0.717) is 36.6 Å². The van der Waals surface area contributed by atoms with Gasteiger partial charge in [0.15, 0.2) is 0 Å². The molecule has 0 aliphatic rings. The number of esters is 1. The van der Waals surface area contributed by atoms with E-state index >= 15 is 0 Å². The van der Waals surface area contributed by atoms with Gasteiger partial charge in [0.05, 0.1) is 18.7 Å². The fourth-order valence-electron chi connectivity index (χ4n) is 1.78. The van der Waals surface area contributed by atoms with Crippen molar-refractivity contribution >= 4 is 17.6 Å². The van der Waals surface area contributed by atoms with Crippen molar-refractivity contribution in [3.05, 3.63) is 28.8 Å². The Balaban J connectivity index is 2.47. The number of carbonyl (C=O) groups excluding carboxylic acids is 1. The number of halogens is 1. The van der Waals surface area contributed by atoms with E-state index in [0.717, 1.165) is 5.56 Å². The van der Waals surface area contributed by atoms with Gasteiger partial charge >= 0.3 is 5.97 Å². The molecule has 1 aromatic carbocycles. The highest BCUT2D eigenvalue weighted by atomic mass is 35.5. The molecule has 1 atom stereocenters. The van der Waals surface area contributed by atoms with Crippen molar-refractivity contribution in [1.29, 1.82) is 0 Å². The molecule has 0 aromatic heterocycles. The van der Waals surface area contributed by atoms with Crippen LogP contribution in [0.15, 0.2) is 18.2 Å². The summed E-state index contributed by atoms with van der Waals surface area (Å²) in [6.45, 7) is 2.21. The minimum atomic E-state index is -0.178. The van der Waals surface area contributed by atoms with Crippen molar-refractivity contribution in [1.82, 2.24) is 0 Å². The Morgan fingerprint density at radius 1 is 1.47 bits per heavy atom. The molecule has 2 N–H and O–H groups in total. The Bertz CT molecular complexity index is 423. The summed E-state index contributed by atoms with van der Waals surface area (Å²) in [6, 6.07) is 5.34. The largest absolute Gasteiger partial charge is 0.495 e. The minimum Gasteiger partial charge on any atom is -0.495 e. The van der Waals surface area contributed by atoms with E-state index in [1.807, 2.05) is 6.07 Å². The first-order valence-corrected chi connectivity index (χ1v) is 6.71. The van der Waals surface area contributed by atoms with Gasteiger partial charge in [0.25, 0.3) is 0 Å². The zero-order valence-corrected chi connectivity index (χ0v) is 12.1. The number of methoxy groups -OCH3 is 1. The van der Waals surface area contributed by atoms with Crippen LogP contribution in [0.3, 0.4) is 0 Å². The zero-order valence-electron chi connectivity index (χ0n) is 11.3. The first-order chi connectivity index (χ1) is 9.08. The SMILES string of the molecule is CCOC(=O)CCCC(N)c1ccc(OC)c(Cl)c1. The third kappa shape index (κ3) is 5.09. The third-order valence-corrected chi connectivity index (χ3v) is 3.10. The number of rotatable bonds is 7. The molecular formula is C14H20ClNO3. The van der Waals surface area contributed by atoms with Gasteiger partial charge in [0, 0.05) is 12.5 Å². The van der Waals surface area contributed by atoms with Crippen molar-refractivity contribution in [2.45, 2.75) is 32.2 Å². The molecule has 1 unspecified atom stereocenters. The quantitative estimate of drug-likeness (QED) is 0.782. The molecule has 0 bridgehead atoms. The smallest absolute Gasteiger partial charge is 0.305 e. The van der Waals surface area contributed by atoms with Crippen LogP contribution in [0, 0.1) is 0 Å². The maximum absolute atomic E-state index is 11.2. The maximum atomic E-state index is 11.2. The van der Waals surface area contributed by atoms with Gasteiger partial charge in [-0.3, -0.25) is 4.79 Å². The van der Waals surface area contributed by atoms with Crippen LogP contribution >= 0.6 is 11.6 Å². The number of benzene rings is 1. The van der Waals surface area contributed by atoms with Gasteiger partial charge in [-0.2, -0.15) is 0 Å². The number of nitrogens with two attached hydrogens (primary N) is 1. The van der Waals surface area contributed by atoms with Gasteiger partial charge in [-0.15, -0.1) is 0 Å². The summed E-state index contributed by atoms with van der Waals surface area (Å²) in [6.07, 6.45) is 1.80. The van der Waals surface area contributed by atoms with Crippen LogP contribution in [-0.4, -0.2) is 19.7 Å². The van der Waals surface area contributed by atoms with Crippen molar-refractivity contribution in [2.75, 3.05) is 13.7 Å². The lowest BCUT2D eigenvalue weighted by Gasteiger charge is -2.13. The lowest BCUT2D eigenvalue weighted by Crippen LogP contribution is -2.11. The molecule has 0 heterocycles. The van der Waals surface area contributed by atoms with Crippen LogP contribution in [0.1, 0.15) is 37.8 Å². The highest BCUT2D eigenvalue weighted by Crippen LogP contribution is 2.28. The average Bonchev–Trinajstić information content (AvgIpc) is 2.38. The topological polar surface area (TPSA) is 61.5 Å². The van der Waals surface area contributed by atoms with E-state index < -0.39 is 0 Å². The summed E-state index contributed by atoms with van der Waals surface area (Å²) in [5.41, 5.74) is 7.00. The van der Waals surface area contributed by atoms with Gasteiger partial charge < -0.3 is 15.2 Å². The first kappa shape index (κ1) is 15.8. The van der Waals surface area contributed by atoms with Crippen LogP contribution in [0.4, 0.5) is 0 Å². The zero-order chi connectivity index (χ0) is 14.3. The van der Waals surface area contributed by atoms with E-state index in [9.17, 15) is 4.79 Å². The highest BCUT2D eigenvalue weighted by molar-refractivity contribution is 6.32. The summed E-state index contributed by atoms with van der Waals surface area (Å²) in [5, 5.41) is 0.542. The number of carbonyl (C=O) groups is 1. The van der Waals surface area contributed by atoms with Gasteiger partial charge in [-0.05, 0) is 37.5 Å². The van der Waals surface area contributed by atoms with Gasteiger partial charge in [0.1, 0.15) is 5.75 Å². The number of ether oxygens (including phenoxy) is 2. The molecule has 1 rings (SSSR count). The summed E-state index contributed by atoms with van der Waals surface area (Å²) < 4.78 is 9.95. The van der Waals surface area contributed by atoms with Crippen LogP contribution in [-0.2, 0) is 9.53 Å². The number of hydrogen-bond donors (Lipinski definition) is 1. The standard InChI is InChI=1S/C14H20ClNO3/c1-3-19-14(17)6-4-5-12(16)10-7-8-13(18-2)11(15)9-10/h7-9,12H,3-6,16H2,1-2H3. The predicted molar refractivity (Wildman–Crippen MR) is 75.4 cm³/mol. The molecule has 0 aliphatic carbocycles. The summed E-state index contributed by atoms with van der Waals surface area (Å²) in [7, 11) is 1.57. The van der Waals surface area contributed by atoms with E-state index in [1.165, 1.54) is 0 Å². The molecule has 0 amide bonds. The van der Waals surface area contributed by atoms with E-state index in [4.69, 9.17) is 26.8 Å². The fraction of sp³-hybridized carbons (Fsp3) is 0.500. The molecule has 0 fully saturated rings. The van der Waals surface area contributed by atoms with Crippen LogP contribution in [0.2, 0.25) is 5.02 Å². The minimum absolute atomic E-state index is 0.141. The molecule has 0 saturated heterocycles. The second kappa shape index (κ2) is 8.02. The Morgan fingerprint density at radius 3 is 2.79 bits per heavy atom. The van der Waals surface area contributed by atoms with Crippen LogP contribution < -0.4 is 10.5 Å². The highest BCUT2D eigenvalue weighted by Gasteiger charge is 2.10. The summed E-state index contributed by atoms with van der Waals surface area (Å²) in [5.74, 6) is 0.451. The average molecular weight is 286 g/mol. The monoisotopic (exact) mass is 285 g/mol. The van der Waals surface area contributed by atoms with Gasteiger partial charge in [0.2, 0.25) is 0 Å². The predicted octanol–water partition coefficient (Wildman–Crippen LogP) is 3.08. The summed E-state index contributed by atoms with van der Waals surface area (Å²) >= 11 is 6.04. The molecule has 0 radical (unpaired) electrons. The third-order valence-electron chi connectivity index (χ3n) is 2.81. The molecular weight excluding hydrogens is 266 g/mol. The van der Waals surface area contributed by atoms with Crippen molar-refractivity contribution in [2.24, 2.45) is 5.73 Å². The summed E-state index contributed by atoms with van der Waals surface area (Å²) in [4.78, 5) is 11.2. The van der Waals surface area contributed by atoms with E-state index in [-0.39, 0.29) is 12.0 Å². The molecule has 5 heteroatoms. The normalized spacial score (nSPS) is 12.0. The van der Waals surface area contributed by atoms with E-state index in [1.54, 1.807) is 26.2 Å². The maximum Gasteiger partial charge on any atom is 0.305 e. The van der Waals surface area contributed by atoms with Crippen LogP contribution in [0.25, 0.3) is 0 Å². The molecule has 0 aliphatic heterocycles. The van der Waals surface area contributed by atoms with Crippen molar-refractivity contribution in [3.8, 4) is 5.75 Å². The molecule has 1 aromatic rings. The fourth-order valence-corrected chi connectivity index (χ4v) is 2.05. The second-order valence-corrected chi connectivity index (χ2v) is 4.60. The Kier molecular flexibility index (Phi) is 6.67. The molecule has 106 valence electrons. The Labute approximate surface area is 118 Å². The molecule has 0 spiro atoms. The lowest BCUT2D eigenvalue weighted by atomic mass is 10.0. The number of hydrogen-bond acceptors (Lipinski definition) is 4.